The lowest BCUT2D eigenvalue weighted by molar-refractivity contribution is 0.660. The minimum Gasteiger partial charge on any atom is -0.310 e. The van der Waals surface area contributed by atoms with Crippen LogP contribution in [0, 0.1) is 6.92 Å². The number of rotatable bonds is 12. The van der Waals surface area contributed by atoms with Gasteiger partial charge in [-0.3, -0.25) is 0 Å². The molecule has 0 aliphatic heterocycles. The lowest BCUT2D eigenvalue weighted by Gasteiger charge is -2.33. The second kappa shape index (κ2) is 19.2. The molecule has 0 heterocycles. The first-order chi connectivity index (χ1) is 35.9. The van der Waals surface area contributed by atoms with Crippen molar-refractivity contribution >= 4 is 51.2 Å². The highest BCUT2D eigenvalue weighted by molar-refractivity contribution is 5.92. The van der Waals surface area contributed by atoms with Gasteiger partial charge >= 0.3 is 0 Å². The Morgan fingerprint density at radius 3 is 1.05 bits per heavy atom. The van der Waals surface area contributed by atoms with Crippen LogP contribution in [0.5, 0.6) is 0 Å². The van der Waals surface area contributed by atoms with Crippen LogP contribution in [-0.2, 0) is 5.41 Å². The van der Waals surface area contributed by atoms with Crippen LogP contribution in [0.3, 0.4) is 0 Å². The van der Waals surface area contributed by atoms with Gasteiger partial charge in [0.05, 0.1) is 17.1 Å². The maximum Gasteiger partial charge on any atom is 0.0503 e. The molecule has 3 heteroatoms. The van der Waals surface area contributed by atoms with Crippen molar-refractivity contribution < 1.29 is 0 Å². The topological polar surface area (TPSA) is 9.72 Å². The predicted octanol–water partition coefficient (Wildman–Crippen LogP) is 19.7. The normalized spacial score (nSPS) is 12.2. The Morgan fingerprint density at radius 2 is 0.589 bits per heavy atom. The molecule has 0 amide bonds. The van der Waals surface area contributed by atoms with E-state index in [9.17, 15) is 0 Å². The number of hydrogen-bond donors (Lipinski definition) is 0. The molecule has 350 valence electrons. The third-order valence-corrected chi connectivity index (χ3v) is 14.5. The molecule has 0 unspecified atom stereocenters. The van der Waals surface area contributed by atoms with Crippen molar-refractivity contribution in [2.75, 3.05) is 14.7 Å². The lowest BCUT2D eigenvalue weighted by Crippen LogP contribution is -2.18. The largest absolute Gasteiger partial charge is 0.310 e. The Balaban J connectivity index is 1.13. The Morgan fingerprint density at radius 1 is 0.247 bits per heavy atom. The molecule has 0 atom stereocenters. The van der Waals surface area contributed by atoms with E-state index >= 15 is 0 Å². The number of benzene rings is 11. The van der Waals surface area contributed by atoms with Crippen molar-refractivity contribution in [3.05, 3.63) is 296 Å². The number of para-hydroxylation sites is 2. The van der Waals surface area contributed by atoms with Crippen molar-refractivity contribution in [1.29, 1.82) is 0 Å². The fourth-order valence-corrected chi connectivity index (χ4v) is 10.9. The van der Waals surface area contributed by atoms with E-state index in [1.807, 2.05) is 0 Å². The van der Waals surface area contributed by atoms with Crippen LogP contribution < -0.4 is 14.7 Å². The van der Waals surface area contributed by atoms with Crippen LogP contribution in [0.1, 0.15) is 30.5 Å². The summed E-state index contributed by atoms with van der Waals surface area (Å²) in [7, 11) is 0. The van der Waals surface area contributed by atoms with Crippen molar-refractivity contribution in [2.45, 2.75) is 26.2 Å². The number of nitrogens with zero attached hydrogens (tertiary/aromatic N) is 3. The molecule has 0 aromatic heterocycles. The first-order valence-corrected chi connectivity index (χ1v) is 25.2. The minimum absolute atomic E-state index is 0.204. The van der Waals surface area contributed by atoms with Crippen molar-refractivity contribution in [3.63, 3.8) is 0 Å². The molecule has 0 radical (unpaired) electrons. The van der Waals surface area contributed by atoms with E-state index in [1.165, 1.54) is 50.1 Å². The van der Waals surface area contributed by atoms with Gasteiger partial charge in [-0.2, -0.15) is 0 Å². The molecule has 1 aliphatic rings. The van der Waals surface area contributed by atoms with Gasteiger partial charge in [-0.15, -0.1) is 0 Å². The summed E-state index contributed by atoms with van der Waals surface area (Å²) in [5.41, 5.74) is 22.8. The molecule has 12 rings (SSSR count). The zero-order chi connectivity index (χ0) is 49.3. The monoisotopic (exact) mass is 937 g/mol. The molecule has 11 aromatic carbocycles. The average Bonchev–Trinajstić information content (AvgIpc) is 3.69. The van der Waals surface area contributed by atoms with Gasteiger partial charge in [-0.1, -0.05) is 202 Å². The second-order valence-electron chi connectivity index (χ2n) is 19.5. The summed E-state index contributed by atoms with van der Waals surface area (Å²) in [4.78, 5) is 7.27. The fraction of sp³-hybridized carbons (Fsp3) is 0.0571. The number of hydrogen-bond acceptors (Lipinski definition) is 3. The Hall–Kier alpha value is -9.18. The molecule has 73 heavy (non-hydrogen) atoms. The maximum atomic E-state index is 2.46. The van der Waals surface area contributed by atoms with Crippen molar-refractivity contribution in [1.82, 2.24) is 0 Å². The van der Waals surface area contributed by atoms with E-state index in [4.69, 9.17) is 0 Å². The zero-order valence-electron chi connectivity index (χ0n) is 41.4. The molecule has 3 nitrogen and oxygen atoms in total. The van der Waals surface area contributed by atoms with E-state index in [-0.39, 0.29) is 5.41 Å². The Bertz CT molecular complexity index is 3560. The fourth-order valence-electron chi connectivity index (χ4n) is 10.9. The average molecular weight is 938 g/mol. The van der Waals surface area contributed by atoms with Gasteiger partial charge in [0.2, 0.25) is 0 Å². The van der Waals surface area contributed by atoms with Gasteiger partial charge in [0.15, 0.2) is 0 Å². The molecule has 0 saturated carbocycles. The third kappa shape index (κ3) is 8.66. The molecular formula is C70H55N3. The van der Waals surface area contributed by atoms with Crippen molar-refractivity contribution in [2.24, 2.45) is 0 Å². The van der Waals surface area contributed by atoms with E-state index in [2.05, 4.69) is 315 Å². The summed E-state index contributed by atoms with van der Waals surface area (Å²) in [6.45, 7) is 7.00. The summed E-state index contributed by atoms with van der Waals surface area (Å²) in [5, 5.41) is 0. The van der Waals surface area contributed by atoms with Gasteiger partial charge < -0.3 is 14.7 Å². The zero-order valence-corrected chi connectivity index (χ0v) is 41.4. The lowest BCUT2D eigenvalue weighted by atomic mass is 9.82. The van der Waals surface area contributed by atoms with Crippen LogP contribution >= 0.6 is 0 Å². The molecule has 1 aliphatic carbocycles. The number of aryl methyl sites for hydroxylation is 1. The third-order valence-electron chi connectivity index (χ3n) is 14.5. The van der Waals surface area contributed by atoms with Crippen LogP contribution in [0.4, 0.5) is 51.2 Å². The molecule has 0 saturated heterocycles. The first-order valence-electron chi connectivity index (χ1n) is 25.2. The highest BCUT2D eigenvalue weighted by Crippen LogP contribution is 2.53. The summed E-state index contributed by atoms with van der Waals surface area (Å²) >= 11 is 0. The molecule has 0 spiro atoms. The van der Waals surface area contributed by atoms with Crippen molar-refractivity contribution in [3.8, 4) is 44.5 Å². The van der Waals surface area contributed by atoms with Gasteiger partial charge in [-0.05, 0) is 159 Å². The summed E-state index contributed by atoms with van der Waals surface area (Å²) in [6.07, 6.45) is 0. The van der Waals surface area contributed by atoms with Gasteiger partial charge in [0, 0.05) is 39.5 Å². The van der Waals surface area contributed by atoms with E-state index in [0.717, 1.165) is 62.3 Å². The standard InChI is InChI=1S/C70H55N3/c1-50-22-19-37-67-69(50)66-43-42-62(49-68(66)70(67,2)3)73(59-40-38-54(39-41-59)51-23-9-4-10-24-51)65-47-63(71(57-31-15-7-16-32-57)60-35-20-29-55(44-60)52-25-11-5-12-26-52)46-64(48-65)72(58-33-17-8-18-34-58)61-36-21-30-56(45-61)53-27-13-6-14-28-53/h4-49H,1-3H3. The van der Waals surface area contributed by atoms with Crippen LogP contribution in [0.25, 0.3) is 44.5 Å². The van der Waals surface area contributed by atoms with Gasteiger partial charge in [0.1, 0.15) is 0 Å². The van der Waals surface area contributed by atoms with Crippen LogP contribution in [0.15, 0.2) is 279 Å². The summed E-state index contributed by atoms with van der Waals surface area (Å²) in [5.74, 6) is 0. The second-order valence-corrected chi connectivity index (χ2v) is 19.5. The van der Waals surface area contributed by atoms with E-state index < -0.39 is 0 Å². The molecule has 0 N–H and O–H groups in total. The highest BCUT2D eigenvalue weighted by Gasteiger charge is 2.37. The first kappa shape index (κ1) is 45.0. The molecular weight excluding hydrogens is 883 g/mol. The van der Waals surface area contributed by atoms with Gasteiger partial charge in [0.25, 0.3) is 0 Å². The summed E-state index contributed by atoms with van der Waals surface area (Å²) in [6, 6.07) is 101. The number of fused-ring (bicyclic) bond motifs is 3. The van der Waals surface area contributed by atoms with E-state index in [0.29, 0.717) is 0 Å². The predicted molar refractivity (Wildman–Crippen MR) is 309 cm³/mol. The molecule has 11 aromatic rings. The Kier molecular flexibility index (Phi) is 11.8. The van der Waals surface area contributed by atoms with Crippen LogP contribution in [-0.4, -0.2) is 0 Å². The van der Waals surface area contributed by atoms with Crippen LogP contribution in [0.2, 0.25) is 0 Å². The Labute approximate surface area is 430 Å². The van der Waals surface area contributed by atoms with Gasteiger partial charge in [-0.25, -0.2) is 0 Å². The molecule has 0 fully saturated rings. The SMILES string of the molecule is Cc1cccc2c1-c1ccc(N(c3ccc(-c4ccccc4)cc3)c3cc(N(c4ccccc4)c4cccc(-c5ccccc5)c4)cc(N(c4ccccc4)c4cccc(-c5ccccc5)c4)c3)cc1C2(C)C. The quantitative estimate of drug-likeness (QED) is 0.121. The smallest absolute Gasteiger partial charge is 0.0503 e. The highest BCUT2D eigenvalue weighted by atomic mass is 15.2. The summed E-state index contributed by atoms with van der Waals surface area (Å²) < 4.78 is 0. The maximum absolute atomic E-state index is 2.46. The minimum atomic E-state index is -0.204. The molecule has 0 bridgehead atoms. The van der Waals surface area contributed by atoms with E-state index in [1.54, 1.807) is 0 Å². The number of anilines is 9.